The number of esters is 2. The molecule has 0 radical (unpaired) electrons. The summed E-state index contributed by atoms with van der Waals surface area (Å²) in [4.78, 5) is 22.9. The number of ether oxygens (including phenoxy) is 2. The molecule has 1 aliphatic carbocycles. The number of hydrogen-bond donors (Lipinski definition) is 1. The SMILES string of the molecule is COC(=O)C(CC(O)CC1CCCC1)C(=O)OC. The third-order valence-electron chi connectivity index (χ3n) is 3.56. The van der Waals surface area contributed by atoms with Crippen LogP contribution in [0.1, 0.15) is 38.5 Å². The summed E-state index contributed by atoms with van der Waals surface area (Å²) in [7, 11) is 2.45. The third-order valence-corrected chi connectivity index (χ3v) is 3.56. The lowest BCUT2D eigenvalue weighted by molar-refractivity contribution is -0.160. The van der Waals surface area contributed by atoms with Gasteiger partial charge in [-0.25, -0.2) is 0 Å². The average Bonchev–Trinajstić information content (AvgIpc) is 2.86. The molecule has 0 aromatic rings. The third kappa shape index (κ3) is 4.29. The molecule has 1 N–H and O–H groups in total. The van der Waals surface area contributed by atoms with Crippen molar-refractivity contribution in [1.82, 2.24) is 0 Å². The lowest BCUT2D eigenvalue weighted by Gasteiger charge is -2.19. The van der Waals surface area contributed by atoms with Gasteiger partial charge in [0.05, 0.1) is 20.3 Å². The van der Waals surface area contributed by atoms with Crippen LogP contribution in [0.3, 0.4) is 0 Å². The first kappa shape index (κ1) is 15.0. The summed E-state index contributed by atoms with van der Waals surface area (Å²) in [5.41, 5.74) is 0. The molecule has 0 aliphatic heterocycles. The van der Waals surface area contributed by atoms with Gasteiger partial charge < -0.3 is 14.6 Å². The molecule has 1 aliphatic rings. The van der Waals surface area contributed by atoms with Gasteiger partial charge in [0, 0.05) is 0 Å². The Morgan fingerprint density at radius 1 is 1.17 bits per heavy atom. The molecule has 1 rings (SSSR count). The molecule has 0 spiro atoms. The molecule has 1 fully saturated rings. The van der Waals surface area contributed by atoms with Gasteiger partial charge in [-0.2, -0.15) is 0 Å². The molecule has 0 amide bonds. The largest absolute Gasteiger partial charge is 0.468 e. The lowest BCUT2D eigenvalue weighted by Crippen LogP contribution is -2.30. The summed E-state index contributed by atoms with van der Waals surface area (Å²) in [5.74, 6) is -1.80. The smallest absolute Gasteiger partial charge is 0.320 e. The standard InChI is InChI=1S/C13H22O5/c1-17-12(15)11(13(16)18-2)8-10(14)7-9-5-3-4-6-9/h9-11,14H,3-8H2,1-2H3. The van der Waals surface area contributed by atoms with Crippen molar-refractivity contribution in [3.05, 3.63) is 0 Å². The molecule has 1 saturated carbocycles. The monoisotopic (exact) mass is 258 g/mol. The van der Waals surface area contributed by atoms with Crippen molar-refractivity contribution >= 4 is 11.9 Å². The van der Waals surface area contributed by atoms with E-state index in [1.165, 1.54) is 27.1 Å². The highest BCUT2D eigenvalue weighted by molar-refractivity contribution is 5.94. The lowest BCUT2D eigenvalue weighted by atomic mass is 9.93. The van der Waals surface area contributed by atoms with E-state index in [4.69, 9.17) is 0 Å². The van der Waals surface area contributed by atoms with Crippen LogP contribution in [0.15, 0.2) is 0 Å². The van der Waals surface area contributed by atoms with Crippen molar-refractivity contribution in [1.29, 1.82) is 0 Å². The predicted octanol–water partition coefficient (Wildman–Crippen LogP) is 1.28. The van der Waals surface area contributed by atoms with Gasteiger partial charge in [0.15, 0.2) is 5.92 Å². The number of carbonyl (C=O) groups excluding carboxylic acids is 2. The Labute approximate surface area is 107 Å². The van der Waals surface area contributed by atoms with E-state index < -0.39 is 24.0 Å². The number of methoxy groups -OCH3 is 2. The van der Waals surface area contributed by atoms with Crippen molar-refractivity contribution in [2.45, 2.75) is 44.6 Å². The van der Waals surface area contributed by atoms with Gasteiger partial charge in [0.25, 0.3) is 0 Å². The number of aliphatic hydroxyl groups is 1. The van der Waals surface area contributed by atoms with E-state index in [0.717, 1.165) is 12.8 Å². The van der Waals surface area contributed by atoms with Crippen LogP contribution in [-0.4, -0.2) is 37.4 Å². The molecule has 104 valence electrons. The molecule has 0 bridgehead atoms. The van der Waals surface area contributed by atoms with Crippen LogP contribution in [0.4, 0.5) is 0 Å². The quantitative estimate of drug-likeness (QED) is 0.574. The zero-order chi connectivity index (χ0) is 13.5. The summed E-state index contributed by atoms with van der Waals surface area (Å²) in [6, 6.07) is 0. The Morgan fingerprint density at radius 3 is 2.11 bits per heavy atom. The maximum absolute atomic E-state index is 11.5. The highest BCUT2D eigenvalue weighted by atomic mass is 16.5. The molecular weight excluding hydrogens is 236 g/mol. The Morgan fingerprint density at radius 2 is 1.67 bits per heavy atom. The van der Waals surface area contributed by atoms with E-state index in [9.17, 15) is 14.7 Å². The molecule has 5 nitrogen and oxygen atoms in total. The van der Waals surface area contributed by atoms with Gasteiger partial charge in [0.2, 0.25) is 0 Å². The second kappa shape index (κ2) is 7.36. The zero-order valence-electron chi connectivity index (χ0n) is 11.1. The number of hydrogen-bond acceptors (Lipinski definition) is 5. The van der Waals surface area contributed by atoms with Crippen molar-refractivity contribution in [3.8, 4) is 0 Å². The molecular formula is C13H22O5. The molecule has 1 atom stereocenters. The van der Waals surface area contributed by atoms with Crippen molar-refractivity contribution in [2.75, 3.05) is 14.2 Å². The first-order valence-corrected chi connectivity index (χ1v) is 6.42. The summed E-state index contributed by atoms with van der Waals surface area (Å²) in [6.45, 7) is 0. The van der Waals surface area contributed by atoms with Crippen LogP contribution in [0.25, 0.3) is 0 Å². The van der Waals surface area contributed by atoms with E-state index in [0.29, 0.717) is 12.3 Å². The molecule has 0 aromatic carbocycles. The Balaban J connectivity index is 2.48. The number of rotatable bonds is 6. The molecule has 5 heteroatoms. The maximum atomic E-state index is 11.5. The normalized spacial score (nSPS) is 17.8. The summed E-state index contributed by atoms with van der Waals surface area (Å²) >= 11 is 0. The van der Waals surface area contributed by atoms with Crippen LogP contribution in [0.5, 0.6) is 0 Å². The zero-order valence-corrected chi connectivity index (χ0v) is 11.1. The van der Waals surface area contributed by atoms with Gasteiger partial charge >= 0.3 is 11.9 Å². The van der Waals surface area contributed by atoms with E-state index in [1.54, 1.807) is 0 Å². The minimum Gasteiger partial charge on any atom is -0.468 e. The Bertz CT molecular complexity index is 267. The van der Waals surface area contributed by atoms with Gasteiger partial charge in [-0.05, 0) is 18.8 Å². The second-order valence-electron chi connectivity index (χ2n) is 4.87. The fourth-order valence-electron chi connectivity index (χ4n) is 2.57. The Hall–Kier alpha value is -1.10. The average molecular weight is 258 g/mol. The van der Waals surface area contributed by atoms with E-state index in [-0.39, 0.29) is 6.42 Å². The van der Waals surface area contributed by atoms with E-state index in [1.807, 2.05) is 0 Å². The molecule has 0 saturated heterocycles. The summed E-state index contributed by atoms with van der Waals surface area (Å²) < 4.78 is 9.11. The predicted molar refractivity (Wildman–Crippen MR) is 64.7 cm³/mol. The number of carbonyl (C=O) groups is 2. The fourth-order valence-corrected chi connectivity index (χ4v) is 2.57. The highest BCUT2D eigenvalue weighted by Crippen LogP contribution is 2.30. The van der Waals surface area contributed by atoms with Crippen molar-refractivity contribution < 1.29 is 24.2 Å². The van der Waals surface area contributed by atoms with Gasteiger partial charge in [-0.1, -0.05) is 25.7 Å². The van der Waals surface area contributed by atoms with Gasteiger partial charge in [0.1, 0.15) is 0 Å². The van der Waals surface area contributed by atoms with Crippen LogP contribution < -0.4 is 0 Å². The van der Waals surface area contributed by atoms with Gasteiger partial charge in [-0.15, -0.1) is 0 Å². The minimum atomic E-state index is -1.02. The van der Waals surface area contributed by atoms with Crippen LogP contribution in [-0.2, 0) is 19.1 Å². The second-order valence-corrected chi connectivity index (χ2v) is 4.87. The van der Waals surface area contributed by atoms with Crippen molar-refractivity contribution in [2.24, 2.45) is 11.8 Å². The summed E-state index contributed by atoms with van der Waals surface area (Å²) in [6.07, 6.45) is 4.72. The van der Waals surface area contributed by atoms with Crippen LogP contribution in [0.2, 0.25) is 0 Å². The molecule has 0 aromatic heterocycles. The highest BCUT2D eigenvalue weighted by Gasteiger charge is 2.32. The minimum absolute atomic E-state index is 0.0792. The molecule has 0 heterocycles. The van der Waals surface area contributed by atoms with Crippen LogP contribution in [0, 0.1) is 11.8 Å². The topological polar surface area (TPSA) is 72.8 Å². The van der Waals surface area contributed by atoms with E-state index in [2.05, 4.69) is 9.47 Å². The molecule has 18 heavy (non-hydrogen) atoms. The fraction of sp³-hybridized carbons (Fsp3) is 0.846. The van der Waals surface area contributed by atoms with Crippen molar-refractivity contribution in [3.63, 3.8) is 0 Å². The first-order valence-electron chi connectivity index (χ1n) is 6.42. The van der Waals surface area contributed by atoms with Crippen LogP contribution >= 0.6 is 0 Å². The Kier molecular flexibility index (Phi) is 6.12. The molecule has 1 unspecified atom stereocenters. The first-order chi connectivity index (χ1) is 8.58. The van der Waals surface area contributed by atoms with Gasteiger partial charge in [-0.3, -0.25) is 9.59 Å². The number of aliphatic hydroxyl groups excluding tert-OH is 1. The van der Waals surface area contributed by atoms with E-state index >= 15 is 0 Å². The summed E-state index contributed by atoms with van der Waals surface area (Å²) in [5, 5.41) is 9.95. The maximum Gasteiger partial charge on any atom is 0.320 e.